The second kappa shape index (κ2) is 3.53. The van der Waals surface area contributed by atoms with Crippen molar-refractivity contribution in [2.75, 3.05) is 6.54 Å². The first-order valence-corrected chi connectivity index (χ1v) is 5.00. The molecule has 1 aliphatic heterocycles. The van der Waals surface area contributed by atoms with Gasteiger partial charge in [0.15, 0.2) is 0 Å². The van der Waals surface area contributed by atoms with E-state index in [2.05, 4.69) is 0 Å². The number of carbonyl (C=O) groups excluding carboxylic acids is 2. The van der Waals surface area contributed by atoms with Gasteiger partial charge in [0.2, 0.25) is 5.91 Å². The summed E-state index contributed by atoms with van der Waals surface area (Å²) in [5.74, 6) is 0.288. The van der Waals surface area contributed by atoms with Gasteiger partial charge in [0, 0.05) is 25.5 Å². The third kappa shape index (κ3) is 1.56. The molecule has 0 N–H and O–H groups in total. The van der Waals surface area contributed by atoms with E-state index in [1.807, 2.05) is 6.92 Å². The number of fused-ring (bicyclic) bond motifs is 1. The molecular formula is C11H13NO3. The van der Waals surface area contributed by atoms with E-state index in [0.717, 1.165) is 18.4 Å². The third-order valence-corrected chi connectivity index (χ3v) is 2.68. The minimum atomic E-state index is -0.221. The van der Waals surface area contributed by atoms with E-state index in [9.17, 15) is 9.59 Å². The zero-order valence-corrected chi connectivity index (χ0v) is 8.87. The van der Waals surface area contributed by atoms with E-state index in [1.165, 1.54) is 11.8 Å². The van der Waals surface area contributed by atoms with Crippen LogP contribution in [0.1, 0.15) is 35.0 Å². The Kier molecular flexibility index (Phi) is 2.34. The number of imide groups is 1. The van der Waals surface area contributed by atoms with Gasteiger partial charge in [0.1, 0.15) is 5.76 Å². The Bertz CT molecular complexity index is 419. The molecule has 1 aromatic rings. The van der Waals surface area contributed by atoms with E-state index >= 15 is 0 Å². The molecule has 2 rings (SSSR count). The average Bonchev–Trinajstić information content (AvgIpc) is 2.43. The zero-order chi connectivity index (χ0) is 11.0. The summed E-state index contributed by atoms with van der Waals surface area (Å²) in [6.07, 6.45) is 3.07. The van der Waals surface area contributed by atoms with Crippen LogP contribution in [0.25, 0.3) is 0 Å². The average molecular weight is 207 g/mol. The van der Waals surface area contributed by atoms with Crippen molar-refractivity contribution in [3.63, 3.8) is 0 Å². The maximum atomic E-state index is 12.0. The lowest BCUT2D eigenvalue weighted by Gasteiger charge is -2.15. The maximum Gasteiger partial charge on any atom is 0.264 e. The number of furan rings is 1. The summed E-state index contributed by atoms with van der Waals surface area (Å²) in [5, 5.41) is 0. The molecule has 0 saturated heterocycles. The van der Waals surface area contributed by atoms with E-state index in [0.29, 0.717) is 17.9 Å². The Labute approximate surface area is 87.9 Å². The molecule has 0 aliphatic carbocycles. The SMILES string of the molecule is CC(=O)N1CCCc2occ(C)c2C1=O. The van der Waals surface area contributed by atoms with Crippen LogP contribution < -0.4 is 0 Å². The van der Waals surface area contributed by atoms with Crippen LogP contribution in [0, 0.1) is 6.92 Å². The van der Waals surface area contributed by atoms with Gasteiger partial charge in [0.05, 0.1) is 11.8 Å². The van der Waals surface area contributed by atoms with Crippen molar-refractivity contribution >= 4 is 11.8 Å². The molecule has 0 atom stereocenters. The Morgan fingerprint density at radius 3 is 2.93 bits per heavy atom. The lowest BCUT2D eigenvalue weighted by molar-refractivity contribution is -0.126. The highest BCUT2D eigenvalue weighted by molar-refractivity contribution is 6.05. The molecule has 2 amide bonds. The summed E-state index contributed by atoms with van der Waals surface area (Å²) < 4.78 is 5.31. The smallest absolute Gasteiger partial charge is 0.264 e. The third-order valence-electron chi connectivity index (χ3n) is 2.68. The number of carbonyl (C=O) groups is 2. The van der Waals surface area contributed by atoms with Crippen LogP contribution in [0.3, 0.4) is 0 Å². The number of aryl methyl sites for hydroxylation is 2. The standard InChI is InChI=1S/C11H13NO3/c1-7-6-15-9-4-3-5-12(8(2)13)11(14)10(7)9/h6H,3-5H2,1-2H3. The number of nitrogens with zero attached hydrogens (tertiary/aromatic N) is 1. The summed E-state index contributed by atoms with van der Waals surface area (Å²) in [7, 11) is 0. The van der Waals surface area contributed by atoms with E-state index in [-0.39, 0.29) is 11.8 Å². The summed E-state index contributed by atoms with van der Waals surface area (Å²) in [5.41, 5.74) is 1.38. The van der Waals surface area contributed by atoms with Crippen LogP contribution in [-0.4, -0.2) is 23.3 Å². The van der Waals surface area contributed by atoms with Gasteiger partial charge in [0.25, 0.3) is 5.91 Å². The summed E-state index contributed by atoms with van der Waals surface area (Å²) in [6.45, 7) is 3.72. The molecular weight excluding hydrogens is 194 g/mol. The van der Waals surface area contributed by atoms with E-state index in [4.69, 9.17) is 4.42 Å². The molecule has 1 aliphatic rings. The molecule has 4 heteroatoms. The quantitative estimate of drug-likeness (QED) is 0.648. The van der Waals surface area contributed by atoms with Gasteiger partial charge < -0.3 is 4.42 Å². The fourth-order valence-electron chi connectivity index (χ4n) is 1.90. The number of hydrogen-bond donors (Lipinski definition) is 0. The Morgan fingerprint density at radius 2 is 2.27 bits per heavy atom. The van der Waals surface area contributed by atoms with Crippen molar-refractivity contribution in [3.8, 4) is 0 Å². The Morgan fingerprint density at radius 1 is 1.53 bits per heavy atom. The molecule has 0 fully saturated rings. The molecule has 15 heavy (non-hydrogen) atoms. The van der Waals surface area contributed by atoms with Gasteiger partial charge in [-0.1, -0.05) is 0 Å². The van der Waals surface area contributed by atoms with E-state index < -0.39 is 0 Å². The first kappa shape index (κ1) is 9.96. The second-order valence-corrected chi connectivity index (χ2v) is 3.80. The summed E-state index contributed by atoms with van der Waals surface area (Å²) in [4.78, 5) is 24.6. The van der Waals surface area contributed by atoms with Crippen LogP contribution >= 0.6 is 0 Å². The predicted molar refractivity (Wildman–Crippen MR) is 53.5 cm³/mol. The van der Waals surface area contributed by atoms with Crippen molar-refractivity contribution in [1.29, 1.82) is 0 Å². The number of amides is 2. The molecule has 1 aromatic heterocycles. The molecule has 0 radical (unpaired) electrons. The Hall–Kier alpha value is -1.58. The van der Waals surface area contributed by atoms with Crippen LogP contribution in [0.15, 0.2) is 10.7 Å². The monoisotopic (exact) mass is 207 g/mol. The van der Waals surface area contributed by atoms with Crippen LogP contribution in [0.5, 0.6) is 0 Å². The summed E-state index contributed by atoms with van der Waals surface area (Å²) >= 11 is 0. The largest absolute Gasteiger partial charge is 0.468 e. The second-order valence-electron chi connectivity index (χ2n) is 3.80. The molecule has 0 saturated carbocycles. The maximum absolute atomic E-state index is 12.0. The lowest BCUT2D eigenvalue weighted by Crippen LogP contribution is -2.35. The Balaban J connectivity index is 2.46. The normalized spacial score (nSPS) is 16.1. The van der Waals surface area contributed by atoms with Gasteiger partial charge >= 0.3 is 0 Å². The molecule has 0 bridgehead atoms. The molecule has 4 nitrogen and oxygen atoms in total. The van der Waals surface area contributed by atoms with Crippen LogP contribution in [0.2, 0.25) is 0 Å². The van der Waals surface area contributed by atoms with Crippen molar-refractivity contribution in [2.45, 2.75) is 26.7 Å². The first-order valence-electron chi connectivity index (χ1n) is 5.00. The van der Waals surface area contributed by atoms with Gasteiger partial charge in [-0.3, -0.25) is 14.5 Å². The zero-order valence-electron chi connectivity index (χ0n) is 8.87. The highest BCUT2D eigenvalue weighted by Crippen LogP contribution is 2.23. The van der Waals surface area contributed by atoms with E-state index in [1.54, 1.807) is 6.26 Å². The van der Waals surface area contributed by atoms with Gasteiger partial charge in [-0.15, -0.1) is 0 Å². The molecule has 80 valence electrons. The minimum absolute atomic E-state index is 0.201. The van der Waals surface area contributed by atoms with Crippen molar-refractivity contribution in [2.24, 2.45) is 0 Å². The fraction of sp³-hybridized carbons (Fsp3) is 0.455. The fourth-order valence-corrected chi connectivity index (χ4v) is 1.90. The molecule has 0 spiro atoms. The van der Waals surface area contributed by atoms with Crippen LogP contribution in [-0.2, 0) is 11.2 Å². The van der Waals surface area contributed by atoms with Crippen molar-refractivity contribution in [3.05, 3.63) is 23.2 Å². The van der Waals surface area contributed by atoms with Crippen molar-refractivity contribution in [1.82, 2.24) is 4.90 Å². The van der Waals surface area contributed by atoms with Crippen LogP contribution in [0.4, 0.5) is 0 Å². The molecule has 0 aromatic carbocycles. The molecule has 2 heterocycles. The van der Waals surface area contributed by atoms with Gasteiger partial charge in [-0.25, -0.2) is 0 Å². The predicted octanol–water partition coefficient (Wildman–Crippen LogP) is 1.52. The highest BCUT2D eigenvalue weighted by atomic mass is 16.3. The van der Waals surface area contributed by atoms with Gasteiger partial charge in [-0.05, 0) is 13.3 Å². The first-order chi connectivity index (χ1) is 7.11. The summed E-state index contributed by atoms with van der Waals surface area (Å²) in [6, 6.07) is 0. The number of rotatable bonds is 0. The van der Waals surface area contributed by atoms with Crippen molar-refractivity contribution < 1.29 is 14.0 Å². The highest BCUT2D eigenvalue weighted by Gasteiger charge is 2.28. The van der Waals surface area contributed by atoms with Gasteiger partial charge in [-0.2, -0.15) is 0 Å². The number of hydrogen-bond acceptors (Lipinski definition) is 3. The topological polar surface area (TPSA) is 50.5 Å². The molecule has 0 unspecified atom stereocenters. The minimum Gasteiger partial charge on any atom is -0.468 e. The lowest BCUT2D eigenvalue weighted by atomic mass is 10.1.